The highest BCUT2D eigenvalue weighted by molar-refractivity contribution is 8.38. The molecule has 0 aliphatic carbocycles. The molecule has 0 N–H and O–H groups in total. The van der Waals surface area contributed by atoms with Crippen molar-refractivity contribution < 1.29 is 0 Å². The third kappa shape index (κ3) is 3.96. The van der Waals surface area contributed by atoms with Crippen molar-refractivity contribution in [2.75, 3.05) is 0 Å². The maximum atomic E-state index is 2.64. The lowest BCUT2D eigenvalue weighted by atomic mass is 10.4. The third-order valence-corrected chi connectivity index (χ3v) is 56.3. The third-order valence-electron chi connectivity index (χ3n) is 4.75. The number of benzene rings is 2. The molecule has 0 aliphatic heterocycles. The average molecular weight is 375 g/mol. The van der Waals surface area contributed by atoms with Crippen molar-refractivity contribution in [3.8, 4) is 0 Å². The molecule has 0 saturated heterocycles. The van der Waals surface area contributed by atoms with Gasteiger partial charge in [-0.1, -0.05) is 117 Å². The molecule has 0 bridgehead atoms. The molecule has 0 amide bonds. The van der Waals surface area contributed by atoms with Crippen LogP contribution in [-0.4, -0.2) is 23.2 Å². The summed E-state index contributed by atoms with van der Waals surface area (Å²) in [6.07, 6.45) is 0. The minimum atomic E-state index is -1.47. The van der Waals surface area contributed by atoms with Crippen LogP contribution in [0, 0.1) is 0 Å². The average Bonchev–Trinajstić information content (AvgIpc) is 2.47. The molecule has 0 saturated carbocycles. The molecule has 0 spiro atoms. The van der Waals surface area contributed by atoms with Crippen LogP contribution in [0.4, 0.5) is 0 Å². The van der Waals surface area contributed by atoms with E-state index < -0.39 is 23.2 Å². The molecule has 0 heterocycles. The highest BCUT2D eigenvalue weighted by atomic mass is 31.8. The molecule has 23 heavy (non-hydrogen) atoms. The van der Waals surface area contributed by atoms with Crippen molar-refractivity contribution >= 4 is 40.2 Å². The molecular formula is C19H31PSi3. The van der Waals surface area contributed by atoms with Gasteiger partial charge in [-0.2, -0.15) is 0 Å². The summed E-state index contributed by atoms with van der Waals surface area (Å²) in [7, 11) is -4.18. The van der Waals surface area contributed by atoms with Crippen LogP contribution in [0.5, 0.6) is 0 Å². The molecule has 4 heteroatoms. The van der Waals surface area contributed by atoms with E-state index in [4.69, 9.17) is 0 Å². The zero-order valence-electron chi connectivity index (χ0n) is 15.7. The number of hydrogen-bond acceptors (Lipinski definition) is 0. The minimum absolute atomic E-state index is 0.0759. The Kier molecular flexibility index (Phi) is 5.57. The lowest BCUT2D eigenvalue weighted by Gasteiger charge is -2.50. The van der Waals surface area contributed by atoms with Gasteiger partial charge in [0.25, 0.3) is 0 Å². The van der Waals surface area contributed by atoms with E-state index in [2.05, 4.69) is 106 Å². The number of rotatable bonds is 5. The fourth-order valence-electron chi connectivity index (χ4n) is 4.33. The standard InChI is InChI=1S/C19H31PSi3/c1-21(2,3)20(22(4,5)18-14-10-8-11-15-18)23(6,7)19-16-12-9-13-17-19/h8-17H,1-7H3. The molecule has 2 aromatic rings. The Labute approximate surface area is 146 Å². The summed E-state index contributed by atoms with van der Waals surface area (Å²) < 4.78 is 0. The summed E-state index contributed by atoms with van der Waals surface area (Å²) in [5.74, 6) is 0. The smallest absolute Gasteiger partial charge is 0.0995 e. The normalized spacial score (nSPS) is 13.4. The van der Waals surface area contributed by atoms with Gasteiger partial charge in [0.05, 0.1) is 23.2 Å². The maximum absolute atomic E-state index is 2.64. The van der Waals surface area contributed by atoms with Gasteiger partial charge in [-0.05, 0) is 0 Å². The maximum Gasteiger partial charge on any atom is 0.0995 e. The van der Waals surface area contributed by atoms with Crippen LogP contribution in [0.2, 0.25) is 45.8 Å². The highest BCUT2D eigenvalue weighted by Crippen LogP contribution is 2.60. The summed E-state index contributed by atoms with van der Waals surface area (Å²) in [6, 6.07) is 22.9. The molecule has 2 rings (SSSR count). The topological polar surface area (TPSA) is 0 Å². The van der Waals surface area contributed by atoms with Gasteiger partial charge in [0, 0.05) is 0 Å². The van der Waals surface area contributed by atoms with Gasteiger partial charge >= 0.3 is 0 Å². The van der Waals surface area contributed by atoms with Gasteiger partial charge in [-0.15, -0.1) is 6.57 Å². The van der Waals surface area contributed by atoms with Gasteiger partial charge in [0.1, 0.15) is 0 Å². The van der Waals surface area contributed by atoms with Crippen LogP contribution < -0.4 is 10.4 Å². The fraction of sp³-hybridized carbons (Fsp3) is 0.368. The Morgan fingerprint density at radius 1 is 0.522 bits per heavy atom. The van der Waals surface area contributed by atoms with Gasteiger partial charge in [0.15, 0.2) is 0 Å². The van der Waals surface area contributed by atoms with Crippen LogP contribution in [0.25, 0.3) is 0 Å². The predicted octanol–water partition coefficient (Wildman–Crippen LogP) is 5.53. The Bertz CT molecular complexity index is 579. The summed E-state index contributed by atoms with van der Waals surface area (Å²) in [5, 5.41) is 3.31. The zero-order valence-corrected chi connectivity index (χ0v) is 19.6. The molecule has 0 aliphatic rings. The molecule has 0 nitrogen and oxygen atoms in total. The Morgan fingerprint density at radius 3 is 1.09 bits per heavy atom. The van der Waals surface area contributed by atoms with Crippen molar-refractivity contribution in [2.24, 2.45) is 0 Å². The van der Waals surface area contributed by atoms with E-state index in [1.54, 1.807) is 10.4 Å². The summed E-state index contributed by atoms with van der Waals surface area (Å²) >= 11 is 0. The lowest BCUT2D eigenvalue weighted by Crippen LogP contribution is -2.57. The van der Waals surface area contributed by atoms with Gasteiger partial charge in [0.2, 0.25) is 0 Å². The van der Waals surface area contributed by atoms with Crippen molar-refractivity contribution in [3.05, 3.63) is 60.7 Å². The van der Waals surface area contributed by atoms with Gasteiger partial charge in [-0.3, -0.25) is 0 Å². The van der Waals surface area contributed by atoms with Crippen molar-refractivity contribution in [2.45, 2.75) is 45.8 Å². The van der Waals surface area contributed by atoms with Crippen molar-refractivity contribution in [3.63, 3.8) is 0 Å². The molecular weight excluding hydrogens is 343 g/mol. The summed E-state index contributed by atoms with van der Waals surface area (Å²) in [5.41, 5.74) is 0. The first-order chi connectivity index (χ1) is 10.6. The van der Waals surface area contributed by atoms with Gasteiger partial charge in [-0.25, -0.2) is 0 Å². The quantitative estimate of drug-likeness (QED) is 0.477. The second-order valence-electron chi connectivity index (χ2n) is 8.36. The molecule has 0 unspecified atom stereocenters. The van der Waals surface area contributed by atoms with E-state index in [1.165, 1.54) is 0 Å². The van der Waals surface area contributed by atoms with Gasteiger partial charge < -0.3 is 0 Å². The second kappa shape index (κ2) is 6.79. The SMILES string of the molecule is C[Si](C)(C)P([Si](C)(C)c1ccccc1)[Si](C)(C)c1ccccc1. The summed E-state index contributed by atoms with van der Waals surface area (Å²) in [4.78, 5) is 0. The van der Waals surface area contributed by atoms with E-state index in [-0.39, 0.29) is 6.57 Å². The van der Waals surface area contributed by atoms with Crippen LogP contribution in [0.15, 0.2) is 60.7 Å². The molecule has 0 atom stereocenters. The lowest BCUT2D eigenvalue weighted by molar-refractivity contribution is 1.72. The molecule has 0 aromatic heterocycles. The van der Waals surface area contributed by atoms with E-state index >= 15 is 0 Å². The largest absolute Gasteiger partial charge is 0.131 e. The van der Waals surface area contributed by atoms with E-state index in [1.807, 2.05) is 0 Å². The molecule has 0 fully saturated rings. The van der Waals surface area contributed by atoms with Crippen LogP contribution in [-0.2, 0) is 0 Å². The van der Waals surface area contributed by atoms with E-state index in [0.29, 0.717) is 0 Å². The molecule has 124 valence electrons. The Balaban J connectivity index is 2.59. The van der Waals surface area contributed by atoms with Crippen LogP contribution in [0.1, 0.15) is 0 Å². The minimum Gasteiger partial charge on any atom is -0.131 e. The fourth-order valence-corrected chi connectivity index (χ4v) is 75.7. The number of hydrogen-bond donors (Lipinski definition) is 0. The van der Waals surface area contributed by atoms with E-state index in [9.17, 15) is 0 Å². The first-order valence-electron chi connectivity index (χ1n) is 8.49. The monoisotopic (exact) mass is 374 g/mol. The highest BCUT2D eigenvalue weighted by Gasteiger charge is 2.50. The second-order valence-corrected chi connectivity index (χ2v) is 39.5. The van der Waals surface area contributed by atoms with Crippen LogP contribution in [0.3, 0.4) is 0 Å². The zero-order chi connectivity index (χ0) is 17.3. The van der Waals surface area contributed by atoms with Crippen molar-refractivity contribution in [1.29, 1.82) is 0 Å². The van der Waals surface area contributed by atoms with Crippen molar-refractivity contribution in [1.82, 2.24) is 0 Å². The predicted molar refractivity (Wildman–Crippen MR) is 117 cm³/mol. The first-order valence-corrected chi connectivity index (χ1v) is 21.9. The Hall–Kier alpha value is -0.479. The molecule has 0 radical (unpaired) electrons. The first kappa shape index (κ1) is 18.9. The van der Waals surface area contributed by atoms with E-state index in [0.717, 1.165) is 0 Å². The molecule has 2 aromatic carbocycles. The van der Waals surface area contributed by atoms with Crippen LogP contribution >= 0.6 is 6.57 Å². The Morgan fingerprint density at radius 2 is 0.826 bits per heavy atom. The summed E-state index contributed by atoms with van der Waals surface area (Å²) in [6.45, 7) is 18.5.